The third-order valence-electron chi connectivity index (χ3n) is 4.29. The molecule has 1 N–H and O–H groups in total. The molecule has 0 aliphatic heterocycles. The van der Waals surface area contributed by atoms with Crippen LogP contribution < -0.4 is 0 Å². The summed E-state index contributed by atoms with van der Waals surface area (Å²) in [5.41, 5.74) is 5.90. The molecule has 0 heterocycles. The third-order valence-corrected chi connectivity index (χ3v) is 4.29. The molecule has 2 aromatic rings. The number of aliphatic hydroxyl groups is 1. The average Bonchev–Trinajstić information content (AvgIpc) is 2.42. The van der Waals surface area contributed by atoms with Crippen LogP contribution in [0.1, 0.15) is 47.2 Å². The average molecular weight is 268 g/mol. The van der Waals surface area contributed by atoms with Crippen LogP contribution in [0, 0.1) is 20.8 Å². The lowest BCUT2D eigenvalue weighted by Gasteiger charge is -2.27. The summed E-state index contributed by atoms with van der Waals surface area (Å²) in [6, 6.07) is 12.5. The van der Waals surface area contributed by atoms with Crippen LogP contribution in [-0.4, -0.2) is 5.11 Å². The minimum atomic E-state index is -0.950. The van der Waals surface area contributed by atoms with Gasteiger partial charge in [0.2, 0.25) is 0 Å². The van der Waals surface area contributed by atoms with Gasteiger partial charge in [-0.25, -0.2) is 0 Å². The Morgan fingerprint density at radius 1 is 0.900 bits per heavy atom. The summed E-state index contributed by atoms with van der Waals surface area (Å²) in [5, 5.41) is 11.0. The lowest BCUT2D eigenvalue weighted by Crippen LogP contribution is -2.24. The molecule has 2 aromatic carbocycles. The van der Waals surface area contributed by atoms with Crippen molar-refractivity contribution in [1.29, 1.82) is 0 Å². The molecule has 106 valence electrons. The second-order valence-corrected chi connectivity index (χ2v) is 5.87. The summed E-state index contributed by atoms with van der Waals surface area (Å²) in [6.45, 7) is 10.3. The van der Waals surface area contributed by atoms with Crippen LogP contribution in [0.4, 0.5) is 0 Å². The SMILES string of the molecule is CCc1ccc(C(C)(O)c2cc(C)c(C)cc2C)cc1. The number of benzene rings is 2. The second-order valence-electron chi connectivity index (χ2n) is 5.87. The summed E-state index contributed by atoms with van der Waals surface area (Å²) < 4.78 is 0. The Bertz CT molecular complexity index is 606. The van der Waals surface area contributed by atoms with Gasteiger partial charge in [-0.05, 0) is 67.5 Å². The normalized spacial score (nSPS) is 14.1. The molecule has 0 fully saturated rings. The van der Waals surface area contributed by atoms with Gasteiger partial charge < -0.3 is 5.11 Å². The highest BCUT2D eigenvalue weighted by molar-refractivity contribution is 5.44. The van der Waals surface area contributed by atoms with Gasteiger partial charge in [0.1, 0.15) is 5.60 Å². The molecule has 1 heteroatoms. The monoisotopic (exact) mass is 268 g/mol. The maximum absolute atomic E-state index is 11.0. The van der Waals surface area contributed by atoms with E-state index in [9.17, 15) is 5.11 Å². The standard InChI is InChI=1S/C19H24O/c1-6-16-7-9-17(10-8-16)19(5,20)18-12-14(3)13(2)11-15(18)4/h7-12,20H,6H2,1-5H3. The Morgan fingerprint density at radius 2 is 1.45 bits per heavy atom. The topological polar surface area (TPSA) is 20.2 Å². The van der Waals surface area contributed by atoms with Crippen molar-refractivity contribution in [2.24, 2.45) is 0 Å². The fraction of sp³-hybridized carbons (Fsp3) is 0.368. The first kappa shape index (κ1) is 14.8. The summed E-state index contributed by atoms with van der Waals surface area (Å²) in [5.74, 6) is 0. The first-order valence-electron chi connectivity index (χ1n) is 7.26. The molecule has 2 rings (SSSR count). The Morgan fingerprint density at radius 3 is 2.00 bits per heavy atom. The van der Waals surface area contributed by atoms with E-state index in [0.717, 1.165) is 23.1 Å². The zero-order chi connectivity index (χ0) is 14.9. The molecule has 0 aliphatic rings. The van der Waals surface area contributed by atoms with Crippen molar-refractivity contribution in [3.63, 3.8) is 0 Å². The van der Waals surface area contributed by atoms with E-state index in [4.69, 9.17) is 0 Å². The van der Waals surface area contributed by atoms with Crippen LogP contribution in [0.15, 0.2) is 36.4 Å². The summed E-state index contributed by atoms with van der Waals surface area (Å²) in [7, 11) is 0. The zero-order valence-electron chi connectivity index (χ0n) is 13.1. The molecule has 1 nitrogen and oxygen atoms in total. The van der Waals surface area contributed by atoms with Gasteiger partial charge in [-0.15, -0.1) is 0 Å². The lowest BCUT2D eigenvalue weighted by molar-refractivity contribution is 0.101. The summed E-state index contributed by atoms with van der Waals surface area (Å²) in [6.07, 6.45) is 1.02. The van der Waals surface area contributed by atoms with E-state index in [0.29, 0.717) is 0 Å². The molecule has 0 saturated heterocycles. The largest absolute Gasteiger partial charge is 0.381 e. The van der Waals surface area contributed by atoms with Crippen LogP contribution in [0.25, 0.3) is 0 Å². The molecule has 0 radical (unpaired) electrons. The zero-order valence-corrected chi connectivity index (χ0v) is 13.1. The Balaban J connectivity index is 2.50. The minimum Gasteiger partial charge on any atom is -0.381 e. The van der Waals surface area contributed by atoms with Crippen molar-refractivity contribution < 1.29 is 5.11 Å². The van der Waals surface area contributed by atoms with Crippen LogP contribution in [0.5, 0.6) is 0 Å². The smallest absolute Gasteiger partial charge is 0.112 e. The molecule has 0 aromatic heterocycles. The molecule has 20 heavy (non-hydrogen) atoms. The summed E-state index contributed by atoms with van der Waals surface area (Å²) >= 11 is 0. The highest BCUT2D eigenvalue weighted by Gasteiger charge is 2.27. The maximum Gasteiger partial charge on any atom is 0.112 e. The number of rotatable bonds is 3. The van der Waals surface area contributed by atoms with Gasteiger partial charge in [0.15, 0.2) is 0 Å². The summed E-state index contributed by atoms with van der Waals surface area (Å²) in [4.78, 5) is 0. The van der Waals surface area contributed by atoms with Gasteiger partial charge in [-0.2, -0.15) is 0 Å². The van der Waals surface area contributed by atoms with Crippen molar-refractivity contribution >= 4 is 0 Å². The van der Waals surface area contributed by atoms with Gasteiger partial charge in [-0.1, -0.05) is 43.3 Å². The first-order chi connectivity index (χ1) is 9.36. The Labute approximate surface area is 122 Å². The fourth-order valence-corrected chi connectivity index (χ4v) is 2.71. The molecule has 0 saturated carbocycles. The minimum absolute atomic E-state index is 0.945. The van der Waals surface area contributed by atoms with E-state index < -0.39 is 5.60 Å². The number of hydrogen-bond donors (Lipinski definition) is 1. The van der Waals surface area contributed by atoms with E-state index in [-0.39, 0.29) is 0 Å². The molecule has 0 amide bonds. The van der Waals surface area contributed by atoms with Crippen LogP contribution in [0.3, 0.4) is 0 Å². The third kappa shape index (κ3) is 2.64. The maximum atomic E-state index is 11.0. The van der Waals surface area contributed by atoms with Crippen molar-refractivity contribution in [3.05, 3.63) is 69.8 Å². The van der Waals surface area contributed by atoms with Crippen molar-refractivity contribution in [2.75, 3.05) is 0 Å². The quantitative estimate of drug-likeness (QED) is 0.873. The number of aryl methyl sites for hydroxylation is 4. The predicted molar refractivity (Wildman–Crippen MR) is 85.1 cm³/mol. The van der Waals surface area contributed by atoms with Crippen LogP contribution in [0.2, 0.25) is 0 Å². The van der Waals surface area contributed by atoms with Gasteiger partial charge in [0, 0.05) is 0 Å². The molecule has 0 aliphatic carbocycles. The van der Waals surface area contributed by atoms with Crippen molar-refractivity contribution in [3.8, 4) is 0 Å². The van der Waals surface area contributed by atoms with Crippen LogP contribution >= 0.6 is 0 Å². The second kappa shape index (κ2) is 5.41. The Kier molecular flexibility index (Phi) is 4.01. The van der Waals surface area contributed by atoms with Crippen LogP contribution in [-0.2, 0) is 12.0 Å². The van der Waals surface area contributed by atoms with Crippen molar-refractivity contribution in [2.45, 2.75) is 46.6 Å². The lowest BCUT2D eigenvalue weighted by atomic mass is 9.83. The van der Waals surface area contributed by atoms with E-state index >= 15 is 0 Å². The van der Waals surface area contributed by atoms with E-state index in [1.54, 1.807) is 0 Å². The molecular weight excluding hydrogens is 244 g/mol. The molecule has 0 spiro atoms. The highest BCUT2D eigenvalue weighted by Crippen LogP contribution is 2.33. The van der Waals surface area contributed by atoms with E-state index in [2.05, 4.69) is 52.0 Å². The molecular formula is C19H24O. The van der Waals surface area contributed by atoms with Gasteiger partial charge in [-0.3, -0.25) is 0 Å². The predicted octanol–water partition coefficient (Wildman–Crippen LogP) is 4.43. The molecule has 0 bridgehead atoms. The van der Waals surface area contributed by atoms with Crippen molar-refractivity contribution in [1.82, 2.24) is 0 Å². The Hall–Kier alpha value is -1.60. The van der Waals surface area contributed by atoms with E-state index in [1.165, 1.54) is 16.7 Å². The van der Waals surface area contributed by atoms with Gasteiger partial charge in [0.25, 0.3) is 0 Å². The molecule has 1 unspecified atom stereocenters. The molecule has 1 atom stereocenters. The van der Waals surface area contributed by atoms with Gasteiger partial charge >= 0.3 is 0 Å². The number of hydrogen-bond acceptors (Lipinski definition) is 1. The first-order valence-corrected chi connectivity index (χ1v) is 7.26. The van der Waals surface area contributed by atoms with E-state index in [1.807, 2.05) is 19.1 Å². The fourth-order valence-electron chi connectivity index (χ4n) is 2.71. The van der Waals surface area contributed by atoms with Gasteiger partial charge in [0.05, 0.1) is 0 Å². The highest BCUT2D eigenvalue weighted by atomic mass is 16.3.